The van der Waals surface area contributed by atoms with Gasteiger partial charge in [0.15, 0.2) is 5.79 Å². The standard InChI is InChI=1S/C14H20O4/c1-5-18-13(15)12(14(2,16-3)17-4)11-9-7-6-8-10-11/h6-10,12H,5H2,1-4H3. The fraction of sp³-hybridized carbons (Fsp3) is 0.500. The van der Waals surface area contributed by atoms with Crippen molar-refractivity contribution < 1.29 is 19.0 Å². The molecule has 0 aliphatic carbocycles. The molecule has 1 aromatic rings. The van der Waals surface area contributed by atoms with Gasteiger partial charge >= 0.3 is 5.97 Å². The van der Waals surface area contributed by atoms with Gasteiger partial charge in [-0.1, -0.05) is 30.3 Å². The van der Waals surface area contributed by atoms with Crippen molar-refractivity contribution in [2.24, 2.45) is 0 Å². The Labute approximate surface area is 108 Å². The summed E-state index contributed by atoms with van der Waals surface area (Å²) in [5.41, 5.74) is 0.808. The van der Waals surface area contributed by atoms with Gasteiger partial charge in [0.05, 0.1) is 6.61 Å². The Morgan fingerprint density at radius 2 is 1.78 bits per heavy atom. The molecule has 1 unspecified atom stereocenters. The Balaban J connectivity index is 3.14. The molecule has 0 amide bonds. The van der Waals surface area contributed by atoms with E-state index < -0.39 is 11.7 Å². The summed E-state index contributed by atoms with van der Waals surface area (Å²) < 4.78 is 15.8. The molecule has 0 fully saturated rings. The summed E-state index contributed by atoms with van der Waals surface area (Å²) in [6.07, 6.45) is 0. The van der Waals surface area contributed by atoms with E-state index in [1.54, 1.807) is 13.8 Å². The minimum Gasteiger partial charge on any atom is -0.465 e. The molecule has 1 atom stereocenters. The van der Waals surface area contributed by atoms with Crippen molar-refractivity contribution in [3.63, 3.8) is 0 Å². The lowest BCUT2D eigenvalue weighted by Gasteiger charge is -2.33. The Morgan fingerprint density at radius 3 is 2.22 bits per heavy atom. The Kier molecular flexibility index (Phi) is 5.31. The first-order chi connectivity index (χ1) is 8.59. The van der Waals surface area contributed by atoms with E-state index in [0.717, 1.165) is 5.56 Å². The van der Waals surface area contributed by atoms with Gasteiger partial charge in [0.25, 0.3) is 0 Å². The average Bonchev–Trinajstić information content (AvgIpc) is 2.40. The molecule has 4 heteroatoms. The molecule has 0 bridgehead atoms. The molecule has 4 nitrogen and oxygen atoms in total. The summed E-state index contributed by atoms with van der Waals surface area (Å²) in [6.45, 7) is 3.82. The zero-order chi connectivity index (χ0) is 13.6. The molecule has 100 valence electrons. The van der Waals surface area contributed by atoms with Gasteiger partial charge in [-0.3, -0.25) is 4.79 Å². The molecular formula is C14H20O4. The van der Waals surface area contributed by atoms with E-state index in [9.17, 15) is 4.79 Å². The molecule has 0 N–H and O–H groups in total. The molecule has 18 heavy (non-hydrogen) atoms. The van der Waals surface area contributed by atoms with Crippen molar-refractivity contribution in [1.29, 1.82) is 0 Å². The van der Waals surface area contributed by atoms with Crippen LogP contribution < -0.4 is 0 Å². The minimum atomic E-state index is -1.05. The Morgan fingerprint density at radius 1 is 1.22 bits per heavy atom. The van der Waals surface area contributed by atoms with Gasteiger partial charge in [-0.25, -0.2) is 0 Å². The van der Waals surface area contributed by atoms with Crippen molar-refractivity contribution in [1.82, 2.24) is 0 Å². The van der Waals surface area contributed by atoms with Crippen molar-refractivity contribution in [3.05, 3.63) is 35.9 Å². The molecule has 0 saturated heterocycles. The van der Waals surface area contributed by atoms with Gasteiger partial charge in [0.2, 0.25) is 0 Å². The van der Waals surface area contributed by atoms with Crippen LogP contribution in [0.5, 0.6) is 0 Å². The number of benzene rings is 1. The summed E-state index contributed by atoms with van der Waals surface area (Å²) >= 11 is 0. The van der Waals surface area contributed by atoms with Crippen LogP contribution in [-0.2, 0) is 19.0 Å². The van der Waals surface area contributed by atoms with Crippen LogP contribution in [0.2, 0.25) is 0 Å². The smallest absolute Gasteiger partial charge is 0.318 e. The Bertz CT molecular complexity index is 371. The molecule has 0 heterocycles. The van der Waals surface area contributed by atoms with Crippen molar-refractivity contribution in [2.45, 2.75) is 25.6 Å². The normalized spacial score (nSPS) is 13.1. The van der Waals surface area contributed by atoms with Crippen LogP contribution in [0.3, 0.4) is 0 Å². The quantitative estimate of drug-likeness (QED) is 0.576. The van der Waals surface area contributed by atoms with Crippen LogP contribution >= 0.6 is 0 Å². The van der Waals surface area contributed by atoms with Gasteiger partial charge in [0.1, 0.15) is 5.92 Å². The van der Waals surface area contributed by atoms with Crippen molar-refractivity contribution >= 4 is 5.97 Å². The Hall–Kier alpha value is -1.39. The first-order valence-corrected chi connectivity index (χ1v) is 5.91. The second kappa shape index (κ2) is 6.52. The van der Waals surface area contributed by atoms with Crippen LogP contribution in [0.15, 0.2) is 30.3 Å². The number of hydrogen-bond acceptors (Lipinski definition) is 4. The zero-order valence-electron chi connectivity index (χ0n) is 11.3. The van der Waals surface area contributed by atoms with Gasteiger partial charge in [-0.05, 0) is 19.4 Å². The van der Waals surface area contributed by atoms with Crippen LogP contribution in [0, 0.1) is 0 Å². The lowest BCUT2D eigenvalue weighted by atomic mass is 9.91. The average molecular weight is 252 g/mol. The molecule has 1 aromatic carbocycles. The highest BCUT2D eigenvalue weighted by Gasteiger charge is 2.42. The van der Waals surface area contributed by atoms with E-state index in [-0.39, 0.29) is 5.97 Å². The molecule has 0 aliphatic rings. The molecule has 0 aromatic heterocycles. The SMILES string of the molecule is CCOC(=O)C(c1ccccc1)C(C)(OC)OC. The fourth-order valence-corrected chi connectivity index (χ4v) is 1.84. The lowest BCUT2D eigenvalue weighted by molar-refractivity contribution is -0.216. The van der Waals surface area contributed by atoms with Crippen LogP contribution in [0.1, 0.15) is 25.3 Å². The monoisotopic (exact) mass is 252 g/mol. The van der Waals surface area contributed by atoms with E-state index in [2.05, 4.69) is 0 Å². The predicted octanol–water partition coefficient (Wildman–Crippen LogP) is 2.34. The van der Waals surface area contributed by atoms with E-state index in [4.69, 9.17) is 14.2 Å². The number of methoxy groups -OCH3 is 2. The topological polar surface area (TPSA) is 44.8 Å². The molecule has 1 rings (SSSR count). The van der Waals surface area contributed by atoms with E-state index >= 15 is 0 Å². The van der Waals surface area contributed by atoms with Gasteiger partial charge in [-0.15, -0.1) is 0 Å². The third-order valence-electron chi connectivity index (χ3n) is 2.99. The molecule has 0 saturated carbocycles. The molecular weight excluding hydrogens is 232 g/mol. The third kappa shape index (κ3) is 3.09. The summed E-state index contributed by atoms with van der Waals surface area (Å²) in [6, 6.07) is 9.35. The van der Waals surface area contributed by atoms with Crippen molar-refractivity contribution in [2.75, 3.05) is 20.8 Å². The largest absolute Gasteiger partial charge is 0.465 e. The van der Waals surface area contributed by atoms with Crippen LogP contribution in [0.4, 0.5) is 0 Å². The second-order valence-corrected chi connectivity index (χ2v) is 4.02. The lowest BCUT2D eigenvalue weighted by Crippen LogP contribution is -2.42. The summed E-state index contributed by atoms with van der Waals surface area (Å²) in [5.74, 6) is -2.02. The summed E-state index contributed by atoms with van der Waals surface area (Å²) in [7, 11) is 3.03. The number of carbonyl (C=O) groups is 1. The van der Waals surface area contributed by atoms with E-state index in [1.807, 2.05) is 30.3 Å². The maximum Gasteiger partial charge on any atom is 0.318 e. The first-order valence-electron chi connectivity index (χ1n) is 5.91. The fourth-order valence-electron chi connectivity index (χ4n) is 1.84. The summed E-state index contributed by atoms with van der Waals surface area (Å²) in [5, 5.41) is 0. The third-order valence-corrected chi connectivity index (χ3v) is 2.99. The van der Waals surface area contributed by atoms with Gasteiger partial charge in [0, 0.05) is 14.2 Å². The second-order valence-electron chi connectivity index (χ2n) is 4.02. The highest BCUT2D eigenvalue weighted by Crippen LogP contribution is 2.32. The van der Waals surface area contributed by atoms with E-state index in [0.29, 0.717) is 6.61 Å². The highest BCUT2D eigenvalue weighted by molar-refractivity contribution is 5.79. The number of rotatable bonds is 6. The van der Waals surface area contributed by atoms with Gasteiger partial charge < -0.3 is 14.2 Å². The molecule has 0 aliphatic heterocycles. The molecule has 0 radical (unpaired) electrons. The molecule has 0 spiro atoms. The van der Waals surface area contributed by atoms with Crippen LogP contribution in [0.25, 0.3) is 0 Å². The first kappa shape index (κ1) is 14.7. The van der Waals surface area contributed by atoms with Crippen LogP contribution in [-0.4, -0.2) is 32.6 Å². The van der Waals surface area contributed by atoms with Crippen molar-refractivity contribution in [3.8, 4) is 0 Å². The number of hydrogen-bond donors (Lipinski definition) is 0. The number of ether oxygens (including phenoxy) is 3. The van der Waals surface area contributed by atoms with E-state index in [1.165, 1.54) is 14.2 Å². The highest BCUT2D eigenvalue weighted by atomic mass is 16.7. The van der Waals surface area contributed by atoms with Gasteiger partial charge in [-0.2, -0.15) is 0 Å². The summed E-state index contributed by atoms with van der Waals surface area (Å²) in [4.78, 5) is 12.1. The number of carbonyl (C=O) groups excluding carboxylic acids is 1. The maximum absolute atomic E-state index is 12.1. The maximum atomic E-state index is 12.1. The minimum absolute atomic E-state index is 0.325. The number of esters is 1. The predicted molar refractivity (Wildman–Crippen MR) is 68.2 cm³/mol. The zero-order valence-corrected chi connectivity index (χ0v) is 11.3.